The Kier molecular flexibility index (Phi) is 3.68. The number of imidazole rings is 2. The molecule has 4 nitrogen and oxygen atoms in total. The molecule has 0 aliphatic rings. The second-order valence-corrected chi connectivity index (χ2v) is 6.59. The maximum Gasteiger partial charge on any atom is 0.215 e. The SMILES string of the molecule is COc1ccc(Cn2c(-c3ccccc3)cn3c4ccccc4nc23)cc1. The largest absolute Gasteiger partial charge is 0.497 e. The van der Waals surface area contributed by atoms with Gasteiger partial charge in [0.05, 0.1) is 30.4 Å². The summed E-state index contributed by atoms with van der Waals surface area (Å²) in [5.41, 5.74) is 5.67. The lowest BCUT2D eigenvalue weighted by atomic mass is 10.1. The van der Waals surface area contributed by atoms with Crippen molar-refractivity contribution in [2.24, 2.45) is 0 Å². The molecule has 5 aromatic rings. The Labute approximate surface area is 157 Å². The maximum absolute atomic E-state index is 5.28. The Morgan fingerprint density at radius 3 is 2.37 bits per heavy atom. The molecular weight excluding hydrogens is 334 g/mol. The highest BCUT2D eigenvalue weighted by Crippen LogP contribution is 2.27. The molecule has 0 radical (unpaired) electrons. The molecule has 0 amide bonds. The van der Waals surface area contributed by atoms with E-state index < -0.39 is 0 Å². The number of rotatable bonds is 4. The van der Waals surface area contributed by atoms with Gasteiger partial charge >= 0.3 is 0 Å². The summed E-state index contributed by atoms with van der Waals surface area (Å²) in [7, 11) is 1.69. The summed E-state index contributed by atoms with van der Waals surface area (Å²) in [5, 5.41) is 0. The van der Waals surface area contributed by atoms with Crippen molar-refractivity contribution in [1.82, 2.24) is 14.0 Å². The number of nitrogens with zero attached hydrogens (tertiary/aromatic N) is 3. The molecule has 0 unspecified atom stereocenters. The highest BCUT2D eigenvalue weighted by atomic mass is 16.5. The van der Waals surface area contributed by atoms with Crippen LogP contribution in [0.5, 0.6) is 5.75 Å². The minimum atomic E-state index is 0.744. The highest BCUT2D eigenvalue weighted by Gasteiger charge is 2.15. The van der Waals surface area contributed by atoms with Gasteiger partial charge in [-0.1, -0.05) is 54.6 Å². The fraction of sp³-hybridized carbons (Fsp3) is 0.0870. The first-order chi connectivity index (χ1) is 13.3. The van der Waals surface area contributed by atoms with Gasteiger partial charge in [0.15, 0.2) is 0 Å². The van der Waals surface area contributed by atoms with Crippen molar-refractivity contribution in [2.75, 3.05) is 7.11 Å². The molecule has 4 heteroatoms. The maximum atomic E-state index is 5.28. The number of hydrogen-bond acceptors (Lipinski definition) is 2. The molecule has 0 bridgehead atoms. The molecule has 0 atom stereocenters. The van der Waals surface area contributed by atoms with E-state index in [0.29, 0.717) is 0 Å². The minimum Gasteiger partial charge on any atom is -0.497 e. The Morgan fingerprint density at radius 1 is 0.852 bits per heavy atom. The van der Waals surface area contributed by atoms with E-state index in [9.17, 15) is 0 Å². The van der Waals surface area contributed by atoms with E-state index in [1.807, 2.05) is 24.3 Å². The van der Waals surface area contributed by atoms with Gasteiger partial charge in [-0.05, 0) is 35.4 Å². The van der Waals surface area contributed by atoms with Crippen LogP contribution in [0.1, 0.15) is 5.56 Å². The van der Waals surface area contributed by atoms with Crippen LogP contribution < -0.4 is 4.74 Å². The van der Waals surface area contributed by atoms with E-state index in [4.69, 9.17) is 9.72 Å². The van der Waals surface area contributed by atoms with E-state index in [1.54, 1.807) is 7.11 Å². The second-order valence-electron chi connectivity index (χ2n) is 6.59. The summed E-state index contributed by atoms with van der Waals surface area (Å²) in [6.07, 6.45) is 2.18. The van der Waals surface area contributed by atoms with Crippen molar-refractivity contribution >= 4 is 16.8 Å². The predicted molar refractivity (Wildman–Crippen MR) is 108 cm³/mol. The van der Waals surface area contributed by atoms with E-state index in [-0.39, 0.29) is 0 Å². The molecule has 0 aliphatic carbocycles. The second kappa shape index (κ2) is 6.32. The Balaban J connectivity index is 1.71. The number of fused-ring (bicyclic) bond motifs is 3. The Morgan fingerprint density at radius 2 is 1.59 bits per heavy atom. The molecule has 3 aromatic carbocycles. The summed E-state index contributed by atoms with van der Waals surface area (Å²) >= 11 is 0. The standard InChI is InChI=1S/C23H19N3O/c1-27-19-13-11-17(12-14-19)15-25-22(18-7-3-2-4-8-18)16-26-21-10-6-5-9-20(21)24-23(25)26/h2-14,16H,15H2,1H3. The van der Waals surface area contributed by atoms with Gasteiger partial charge in [-0.3, -0.25) is 4.40 Å². The number of ether oxygens (including phenoxy) is 1. The average molecular weight is 353 g/mol. The zero-order valence-electron chi connectivity index (χ0n) is 15.0. The summed E-state index contributed by atoms with van der Waals surface area (Å²) in [6, 6.07) is 26.9. The van der Waals surface area contributed by atoms with Crippen molar-refractivity contribution in [3.63, 3.8) is 0 Å². The van der Waals surface area contributed by atoms with E-state index in [1.165, 1.54) is 11.1 Å². The van der Waals surface area contributed by atoms with Crippen LogP contribution in [0.25, 0.3) is 28.1 Å². The number of para-hydroxylation sites is 2. The number of benzene rings is 3. The van der Waals surface area contributed by atoms with E-state index >= 15 is 0 Å². The molecule has 2 heterocycles. The molecule has 5 rings (SSSR count). The van der Waals surface area contributed by atoms with Crippen molar-refractivity contribution in [3.05, 3.63) is 90.6 Å². The Hall–Kier alpha value is -3.53. The first-order valence-electron chi connectivity index (χ1n) is 8.98. The van der Waals surface area contributed by atoms with Gasteiger partial charge in [-0.15, -0.1) is 0 Å². The lowest BCUT2D eigenvalue weighted by Crippen LogP contribution is -2.02. The fourth-order valence-electron chi connectivity index (χ4n) is 3.56. The molecule has 0 saturated carbocycles. The normalized spacial score (nSPS) is 11.3. The summed E-state index contributed by atoms with van der Waals surface area (Å²) in [5.74, 6) is 1.82. The van der Waals surface area contributed by atoms with Gasteiger partial charge in [0.1, 0.15) is 5.75 Å². The van der Waals surface area contributed by atoms with E-state index in [2.05, 4.69) is 69.8 Å². The van der Waals surface area contributed by atoms with Crippen LogP contribution in [-0.4, -0.2) is 21.1 Å². The van der Waals surface area contributed by atoms with Gasteiger partial charge < -0.3 is 9.30 Å². The van der Waals surface area contributed by atoms with Crippen molar-refractivity contribution in [2.45, 2.75) is 6.54 Å². The van der Waals surface area contributed by atoms with Crippen LogP contribution in [0.15, 0.2) is 85.1 Å². The predicted octanol–water partition coefficient (Wildman–Crippen LogP) is 5.01. The zero-order valence-corrected chi connectivity index (χ0v) is 15.0. The van der Waals surface area contributed by atoms with Crippen LogP contribution in [0.3, 0.4) is 0 Å². The third kappa shape index (κ3) is 2.66. The minimum absolute atomic E-state index is 0.744. The lowest BCUT2D eigenvalue weighted by molar-refractivity contribution is 0.414. The van der Waals surface area contributed by atoms with Crippen molar-refractivity contribution in [1.29, 1.82) is 0 Å². The van der Waals surface area contributed by atoms with Crippen molar-refractivity contribution in [3.8, 4) is 17.0 Å². The van der Waals surface area contributed by atoms with Gasteiger partial charge in [0.25, 0.3) is 0 Å². The summed E-state index contributed by atoms with van der Waals surface area (Å²) < 4.78 is 9.74. The first-order valence-corrected chi connectivity index (χ1v) is 8.98. The van der Waals surface area contributed by atoms with Crippen LogP contribution in [-0.2, 0) is 6.54 Å². The van der Waals surface area contributed by atoms with Gasteiger partial charge in [-0.25, -0.2) is 4.98 Å². The van der Waals surface area contributed by atoms with Gasteiger partial charge in [0, 0.05) is 6.20 Å². The van der Waals surface area contributed by atoms with Crippen LogP contribution >= 0.6 is 0 Å². The fourth-order valence-corrected chi connectivity index (χ4v) is 3.56. The smallest absolute Gasteiger partial charge is 0.215 e. The van der Waals surface area contributed by atoms with Crippen molar-refractivity contribution < 1.29 is 4.74 Å². The average Bonchev–Trinajstić information content (AvgIpc) is 3.26. The van der Waals surface area contributed by atoms with Gasteiger partial charge in [0.2, 0.25) is 5.78 Å². The lowest BCUT2D eigenvalue weighted by Gasteiger charge is -2.10. The van der Waals surface area contributed by atoms with Gasteiger partial charge in [-0.2, -0.15) is 0 Å². The molecule has 0 fully saturated rings. The van der Waals surface area contributed by atoms with E-state index in [0.717, 1.165) is 34.8 Å². The summed E-state index contributed by atoms with van der Waals surface area (Å²) in [4.78, 5) is 4.89. The molecule has 27 heavy (non-hydrogen) atoms. The van der Waals surface area contributed by atoms with Crippen LogP contribution in [0, 0.1) is 0 Å². The van der Waals surface area contributed by atoms with Crippen LogP contribution in [0.4, 0.5) is 0 Å². The zero-order chi connectivity index (χ0) is 18.2. The molecule has 2 aromatic heterocycles. The molecule has 0 aliphatic heterocycles. The molecule has 0 saturated heterocycles. The third-order valence-corrected chi connectivity index (χ3v) is 4.93. The molecule has 0 spiro atoms. The monoisotopic (exact) mass is 353 g/mol. The third-order valence-electron chi connectivity index (χ3n) is 4.93. The highest BCUT2D eigenvalue weighted by molar-refractivity contribution is 5.81. The number of methoxy groups -OCH3 is 1. The molecule has 132 valence electrons. The number of hydrogen-bond donors (Lipinski definition) is 0. The van der Waals surface area contributed by atoms with Crippen LogP contribution in [0.2, 0.25) is 0 Å². The molecular formula is C23H19N3O. The number of aromatic nitrogens is 3. The quantitative estimate of drug-likeness (QED) is 0.455. The molecule has 0 N–H and O–H groups in total. The summed E-state index contributed by atoms with van der Waals surface area (Å²) in [6.45, 7) is 0.744. The topological polar surface area (TPSA) is 31.5 Å². The first kappa shape index (κ1) is 15.7. The Bertz CT molecular complexity index is 1220.